The van der Waals surface area contributed by atoms with Crippen LogP contribution in [0.1, 0.15) is 30.5 Å². The van der Waals surface area contributed by atoms with E-state index in [1.165, 1.54) is 22.3 Å². The van der Waals surface area contributed by atoms with Crippen LogP contribution in [0.3, 0.4) is 0 Å². The molecule has 0 aromatic heterocycles. The summed E-state index contributed by atoms with van der Waals surface area (Å²) in [4.78, 5) is 0. The summed E-state index contributed by atoms with van der Waals surface area (Å²) in [6.07, 6.45) is 0. The van der Waals surface area contributed by atoms with E-state index in [0.717, 1.165) is 17.1 Å². The molecule has 0 saturated heterocycles. The van der Waals surface area contributed by atoms with Crippen LogP contribution < -0.4 is 5.32 Å². The predicted molar refractivity (Wildman–Crippen MR) is 88.3 cm³/mol. The second kappa shape index (κ2) is 6.43. The number of aryl methyl sites for hydroxylation is 2. The van der Waals surface area contributed by atoms with E-state index < -0.39 is 0 Å². The molecule has 2 heteroatoms. The van der Waals surface area contributed by atoms with E-state index in [1.807, 2.05) is 6.07 Å². The van der Waals surface area contributed by atoms with Gasteiger partial charge in [0.2, 0.25) is 0 Å². The number of rotatable bonds is 4. The highest BCUT2D eigenvalue weighted by atomic mass is 35.5. The van der Waals surface area contributed by atoms with E-state index in [1.54, 1.807) is 0 Å². The Bertz CT molecular complexity index is 602. The van der Waals surface area contributed by atoms with Crippen molar-refractivity contribution in [2.24, 2.45) is 0 Å². The molecule has 0 aliphatic rings. The molecule has 0 bridgehead atoms. The summed E-state index contributed by atoms with van der Waals surface area (Å²) in [5, 5.41) is 4.26. The molecule has 0 radical (unpaired) electrons. The second-order valence-corrected chi connectivity index (χ2v) is 6.06. The summed E-state index contributed by atoms with van der Waals surface area (Å²) in [5.41, 5.74) is 6.08. The molecule has 0 saturated carbocycles. The van der Waals surface area contributed by atoms with E-state index in [9.17, 15) is 0 Å². The zero-order valence-electron chi connectivity index (χ0n) is 12.6. The lowest BCUT2D eigenvalue weighted by atomic mass is 9.99. The first-order valence-corrected chi connectivity index (χ1v) is 7.44. The zero-order valence-corrected chi connectivity index (χ0v) is 13.4. The Hall–Kier alpha value is -1.31. The van der Waals surface area contributed by atoms with E-state index in [4.69, 9.17) is 11.6 Å². The van der Waals surface area contributed by atoms with Crippen molar-refractivity contribution in [3.8, 4) is 11.1 Å². The molecule has 0 heterocycles. The van der Waals surface area contributed by atoms with Crippen molar-refractivity contribution in [1.82, 2.24) is 5.32 Å². The normalized spacial score (nSPS) is 11.1. The van der Waals surface area contributed by atoms with Crippen LogP contribution in [0.4, 0.5) is 0 Å². The van der Waals surface area contributed by atoms with Crippen LogP contribution >= 0.6 is 11.6 Å². The van der Waals surface area contributed by atoms with Gasteiger partial charge in [-0.1, -0.05) is 43.6 Å². The van der Waals surface area contributed by atoms with E-state index in [-0.39, 0.29) is 0 Å². The minimum absolute atomic E-state index is 0.490. The molecule has 2 rings (SSSR count). The Labute approximate surface area is 127 Å². The first-order valence-electron chi connectivity index (χ1n) is 7.07. The molecule has 0 fully saturated rings. The van der Waals surface area contributed by atoms with Gasteiger partial charge in [-0.2, -0.15) is 0 Å². The standard InChI is InChI=1S/C18H22ClN/c1-12(2)20-11-15-6-5-7-16(10-15)17-8-13(3)14(4)9-18(17)19/h5-10,12,20H,11H2,1-4H3. The molecule has 0 unspecified atom stereocenters. The Balaban J connectivity index is 2.33. The van der Waals surface area contributed by atoms with Crippen LogP contribution in [-0.2, 0) is 6.54 Å². The minimum atomic E-state index is 0.490. The van der Waals surface area contributed by atoms with Gasteiger partial charge in [0.1, 0.15) is 0 Å². The van der Waals surface area contributed by atoms with Crippen molar-refractivity contribution < 1.29 is 0 Å². The predicted octanol–water partition coefficient (Wildman–Crippen LogP) is 5.12. The highest BCUT2D eigenvalue weighted by Gasteiger charge is 2.07. The SMILES string of the molecule is Cc1cc(Cl)c(-c2cccc(CNC(C)C)c2)cc1C. The van der Waals surface area contributed by atoms with Gasteiger partial charge in [0.05, 0.1) is 0 Å². The number of halogens is 1. The van der Waals surface area contributed by atoms with Crippen LogP contribution in [0.2, 0.25) is 5.02 Å². The first kappa shape index (κ1) is 15.1. The zero-order chi connectivity index (χ0) is 14.7. The van der Waals surface area contributed by atoms with Crippen molar-refractivity contribution in [3.63, 3.8) is 0 Å². The molecule has 2 aromatic carbocycles. The monoisotopic (exact) mass is 287 g/mol. The topological polar surface area (TPSA) is 12.0 Å². The summed E-state index contributed by atoms with van der Waals surface area (Å²) in [6, 6.07) is 13.3. The van der Waals surface area contributed by atoms with Crippen LogP contribution in [0.5, 0.6) is 0 Å². The maximum atomic E-state index is 6.40. The third kappa shape index (κ3) is 3.62. The fourth-order valence-corrected chi connectivity index (χ4v) is 2.50. The first-order chi connectivity index (χ1) is 9.47. The third-order valence-electron chi connectivity index (χ3n) is 3.54. The lowest BCUT2D eigenvalue weighted by molar-refractivity contribution is 0.589. The Kier molecular flexibility index (Phi) is 4.85. The molecule has 0 aliphatic heterocycles. The average Bonchev–Trinajstić information content (AvgIpc) is 2.41. The molecule has 20 heavy (non-hydrogen) atoms. The molecule has 106 valence electrons. The van der Waals surface area contributed by atoms with E-state index in [2.05, 4.69) is 63.3 Å². The lowest BCUT2D eigenvalue weighted by Crippen LogP contribution is -2.21. The smallest absolute Gasteiger partial charge is 0.0487 e. The summed E-state index contributed by atoms with van der Waals surface area (Å²) in [7, 11) is 0. The maximum Gasteiger partial charge on any atom is 0.0487 e. The number of nitrogens with one attached hydrogen (secondary N) is 1. The van der Waals surface area contributed by atoms with Gasteiger partial charge in [-0.15, -0.1) is 0 Å². The number of hydrogen-bond acceptors (Lipinski definition) is 1. The highest BCUT2D eigenvalue weighted by molar-refractivity contribution is 6.33. The molecule has 1 nitrogen and oxygen atoms in total. The van der Waals surface area contributed by atoms with Gasteiger partial charge in [0.25, 0.3) is 0 Å². The molecule has 2 aromatic rings. The number of hydrogen-bond donors (Lipinski definition) is 1. The lowest BCUT2D eigenvalue weighted by Gasteiger charge is -2.12. The second-order valence-electron chi connectivity index (χ2n) is 5.65. The molecule has 0 spiro atoms. The van der Waals surface area contributed by atoms with Crippen LogP contribution in [0.15, 0.2) is 36.4 Å². The fraction of sp³-hybridized carbons (Fsp3) is 0.333. The van der Waals surface area contributed by atoms with Gasteiger partial charge >= 0.3 is 0 Å². The Morgan fingerprint density at radius 2 is 1.75 bits per heavy atom. The van der Waals surface area contributed by atoms with Crippen LogP contribution in [0, 0.1) is 13.8 Å². The van der Waals surface area contributed by atoms with E-state index in [0.29, 0.717) is 6.04 Å². The molecule has 0 aliphatic carbocycles. The fourth-order valence-electron chi connectivity index (χ4n) is 2.17. The van der Waals surface area contributed by atoms with Gasteiger partial charge in [0, 0.05) is 23.2 Å². The average molecular weight is 288 g/mol. The van der Waals surface area contributed by atoms with Crippen LogP contribution in [-0.4, -0.2) is 6.04 Å². The summed E-state index contributed by atoms with van der Waals surface area (Å²) < 4.78 is 0. The molecular weight excluding hydrogens is 266 g/mol. The molecule has 0 amide bonds. The van der Waals surface area contributed by atoms with Crippen molar-refractivity contribution >= 4 is 11.6 Å². The summed E-state index contributed by atoms with van der Waals surface area (Å²) in [5.74, 6) is 0. The molecular formula is C18H22ClN. The Morgan fingerprint density at radius 1 is 1.05 bits per heavy atom. The molecule has 1 N–H and O–H groups in total. The van der Waals surface area contributed by atoms with Crippen molar-refractivity contribution in [1.29, 1.82) is 0 Å². The quantitative estimate of drug-likeness (QED) is 0.823. The maximum absolute atomic E-state index is 6.40. The van der Waals surface area contributed by atoms with Gasteiger partial charge in [0.15, 0.2) is 0 Å². The van der Waals surface area contributed by atoms with Crippen molar-refractivity contribution in [2.75, 3.05) is 0 Å². The summed E-state index contributed by atoms with van der Waals surface area (Å²) in [6.45, 7) is 9.41. The van der Waals surface area contributed by atoms with Crippen molar-refractivity contribution in [2.45, 2.75) is 40.3 Å². The highest BCUT2D eigenvalue weighted by Crippen LogP contribution is 2.31. The van der Waals surface area contributed by atoms with E-state index >= 15 is 0 Å². The molecule has 0 atom stereocenters. The van der Waals surface area contributed by atoms with Gasteiger partial charge in [-0.25, -0.2) is 0 Å². The number of benzene rings is 2. The Morgan fingerprint density at radius 3 is 2.45 bits per heavy atom. The largest absolute Gasteiger partial charge is 0.310 e. The summed E-state index contributed by atoms with van der Waals surface area (Å²) >= 11 is 6.40. The third-order valence-corrected chi connectivity index (χ3v) is 3.85. The van der Waals surface area contributed by atoms with Crippen molar-refractivity contribution in [3.05, 3.63) is 58.1 Å². The van der Waals surface area contributed by atoms with Gasteiger partial charge in [-0.05, 0) is 54.3 Å². The van der Waals surface area contributed by atoms with Gasteiger partial charge in [-0.3, -0.25) is 0 Å². The van der Waals surface area contributed by atoms with Crippen LogP contribution in [0.25, 0.3) is 11.1 Å². The van der Waals surface area contributed by atoms with Gasteiger partial charge < -0.3 is 5.32 Å². The minimum Gasteiger partial charge on any atom is -0.310 e.